The van der Waals surface area contributed by atoms with E-state index in [1.165, 1.54) is 0 Å². The van der Waals surface area contributed by atoms with Crippen molar-refractivity contribution in [3.8, 4) is 17.6 Å². The van der Waals surface area contributed by atoms with Crippen molar-refractivity contribution in [2.24, 2.45) is 0 Å². The molecular formula is C25H21Cl2NO2. The third-order valence-electron chi connectivity index (χ3n) is 4.46. The highest BCUT2D eigenvalue weighted by Crippen LogP contribution is 2.38. The van der Waals surface area contributed by atoms with Crippen molar-refractivity contribution in [1.82, 2.24) is 0 Å². The molecule has 0 saturated carbocycles. The van der Waals surface area contributed by atoms with E-state index in [4.69, 9.17) is 32.7 Å². The Kier molecular flexibility index (Phi) is 7.41. The lowest BCUT2D eigenvalue weighted by atomic mass is 10.0. The Morgan fingerprint density at radius 1 is 1.00 bits per heavy atom. The number of allylic oxidation sites excluding steroid dienone is 1. The summed E-state index contributed by atoms with van der Waals surface area (Å²) in [6, 6.07) is 21.1. The highest BCUT2D eigenvalue weighted by atomic mass is 35.5. The number of nitrogens with zero attached hydrogens (tertiary/aromatic N) is 1. The second-order valence-corrected chi connectivity index (χ2v) is 7.49. The van der Waals surface area contributed by atoms with Gasteiger partial charge in [-0.1, -0.05) is 71.2 Å². The van der Waals surface area contributed by atoms with E-state index in [0.29, 0.717) is 33.7 Å². The number of ether oxygens (including phenoxy) is 2. The Hall–Kier alpha value is -2.93. The molecule has 0 amide bonds. The molecule has 152 valence electrons. The first kappa shape index (κ1) is 21.8. The summed E-state index contributed by atoms with van der Waals surface area (Å²) in [6.45, 7) is 4.62. The number of halogens is 2. The van der Waals surface area contributed by atoms with E-state index in [1.54, 1.807) is 12.1 Å². The second-order valence-electron chi connectivity index (χ2n) is 6.68. The van der Waals surface area contributed by atoms with E-state index in [9.17, 15) is 5.26 Å². The van der Waals surface area contributed by atoms with Gasteiger partial charge in [-0.05, 0) is 49.2 Å². The number of benzene rings is 3. The van der Waals surface area contributed by atoms with Crippen molar-refractivity contribution < 1.29 is 9.47 Å². The molecule has 0 unspecified atom stereocenters. The number of nitriles is 1. The minimum Gasteiger partial charge on any atom is -0.490 e. The van der Waals surface area contributed by atoms with Gasteiger partial charge in [-0.3, -0.25) is 0 Å². The maximum Gasteiger partial charge on any atom is 0.180 e. The maximum atomic E-state index is 9.62. The van der Waals surface area contributed by atoms with Crippen LogP contribution in [0.1, 0.15) is 29.2 Å². The Balaban J connectivity index is 1.93. The standard InChI is InChI=1S/C25H21Cl2NO2/c1-3-29-24-14-18(12-21(15-28)19-10-8-17(2)9-11-19)13-23(27)25(24)30-16-20-6-4-5-7-22(20)26/h4-14H,3,16H2,1-2H3/b21-12-. The van der Waals surface area contributed by atoms with Crippen molar-refractivity contribution in [1.29, 1.82) is 5.26 Å². The molecule has 0 aliphatic carbocycles. The van der Waals surface area contributed by atoms with Crippen LogP contribution in [0, 0.1) is 18.3 Å². The highest BCUT2D eigenvalue weighted by molar-refractivity contribution is 6.32. The quantitative estimate of drug-likeness (QED) is 0.286. The summed E-state index contributed by atoms with van der Waals surface area (Å²) in [5, 5.41) is 10.7. The normalized spacial score (nSPS) is 11.1. The predicted octanol–water partition coefficient (Wildman–Crippen LogP) is 7.34. The molecule has 0 fully saturated rings. The van der Waals surface area contributed by atoms with Crippen LogP contribution >= 0.6 is 23.2 Å². The molecule has 5 heteroatoms. The van der Waals surface area contributed by atoms with Crippen molar-refractivity contribution >= 4 is 34.9 Å². The largest absolute Gasteiger partial charge is 0.490 e. The molecule has 3 rings (SSSR count). The molecule has 3 aromatic rings. The summed E-state index contributed by atoms with van der Waals surface area (Å²) >= 11 is 12.7. The number of rotatable bonds is 7. The van der Waals surface area contributed by atoms with Crippen LogP contribution in [0.4, 0.5) is 0 Å². The Morgan fingerprint density at radius 3 is 2.40 bits per heavy atom. The zero-order valence-corrected chi connectivity index (χ0v) is 18.3. The summed E-state index contributed by atoms with van der Waals surface area (Å²) < 4.78 is 11.7. The van der Waals surface area contributed by atoms with Crippen LogP contribution in [0.3, 0.4) is 0 Å². The van der Waals surface area contributed by atoms with E-state index in [1.807, 2.05) is 68.4 Å². The third kappa shape index (κ3) is 5.36. The SMILES string of the molecule is CCOc1cc(/C=C(/C#N)c2ccc(C)cc2)cc(Cl)c1OCc1ccccc1Cl. The molecule has 30 heavy (non-hydrogen) atoms. The maximum absolute atomic E-state index is 9.62. The van der Waals surface area contributed by atoms with Gasteiger partial charge < -0.3 is 9.47 Å². The van der Waals surface area contributed by atoms with Gasteiger partial charge in [-0.15, -0.1) is 0 Å². The summed E-state index contributed by atoms with van der Waals surface area (Å²) in [5.41, 5.74) is 4.13. The van der Waals surface area contributed by atoms with Gasteiger partial charge in [0.05, 0.1) is 23.3 Å². The summed E-state index contributed by atoms with van der Waals surface area (Å²) in [5.74, 6) is 0.967. The molecule has 0 radical (unpaired) electrons. The van der Waals surface area contributed by atoms with Gasteiger partial charge in [0.25, 0.3) is 0 Å². The van der Waals surface area contributed by atoms with E-state index >= 15 is 0 Å². The van der Waals surface area contributed by atoms with E-state index in [0.717, 1.165) is 22.3 Å². The van der Waals surface area contributed by atoms with Crippen molar-refractivity contribution in [3.05, 3.63) is 93.0 Å². The molecule has 0 heterocycles. The van der Waals surface area contributed by atoms with Gasteiger partial charge in [0.15, 0.2) is 11.5 Å². The van der Waals surface area contributed by atoms with Crippen LogP contribution in [0.15, 0.2) is 60.7 Å². The van der Waals surface area contributed by atoms with Gasteiger partial charge in [0.2, 0.25) is 0 Å². The first-order valence-corrected chi connectivity index (χ1v) is 10.3. The van der Waals surface area contributed by atoms with Crippen LogP contribution in [0.25, 0.3) is 11.6 Å². The first-order chi connectivity index (χ1) is 14.5. The van der Waals surface area contributed by atoms with Crippen LogP contribution in [0.2, 0.25) is 10.0 Å². The molecular weight excluding hydrogens is 417 g/mol. The Labute approximate surface area is 187 Å². The monoisotopic (exact) mass is 437 g/mol. The second kappa shape index (κ2) is 10.2. The van der Waals surface area contributed by atoms with Crippen molar-refractivity contribution in [3.63, 3.8) is 0 Å². The fourth-order valence-corrected chi connectivity index (χ4v) is 3.38. The number of hydrogen-bond donors (Lipinski definition) is 0. The van der Waals surface area contributed by atoms with E-state index < -0.39 is 0 Å². The average Bonchev–Trinajstić information content (AvgIpc) is 2.73. The Bertz CT molecular complexity index is 1100. The molecule has 0 saturated heterocycles. The molecule has 3 nitrogen and oxygen atoms in total. The zero-order valence-electron chi connectivity index (χ0n) is 16.8. The fourth-order valence-electron chi connectivity index (χ4n) is 2.92. The average molecular weight is 438 g/mol. The van der Waals surface area contributed by atoms with Crippen molar-refractivity contribution in [2.75, 3.05) is 6.61 Å². The third-order valence-corrected chi connectivity index (χ3v) is 5.11. The highest BCUT2D eigenvalue weighted by Gasteiger charge is 2.14. The molecule has 0 aliphatic rings. The molecule has 0 atom stereocenters. The lowest BCUT2D eigenvalue weighted by Crippen LogP contribution is -2.01. The van der Waals surface area contributed by atoms with Gasteiger partial charge in [0.1, 0.15) is 6.61 Å². The van der Waals surface area contributed by atoms with Crippen LogP contribution in [0.5, 0.6) is 11.5 Å². The summed E-state index contributed by atoms with van der Waals surface area (Å²) in [4.78, 5) is 0. The van der Waals surface area contributed by atoms with Crippen LogP contribution in [-0.4, -0.2) is 6.61 Å². The molecule has 0 spiro atoms. The zero-order chi connectivity index (χ0) is 21.5. The van der Waals surface area contributed by atoms with Crippen LogP contribution in [-0.2, 0) is 6.61 Å². The number of aryl methyl sites for hydroxylation is 1. The van der Waals surface area contributed by atoms with Gasteiger partial charge in [0, 0.05) is 10.6 Å². The summed E-state index contributed by atoms with van der Waals surface area (Å²) in [7, 11) is 0. The molecule has 0 aromatic heterocycles. The lowest BCUT2D eigenvalue weighted by Gasteiger charge is -2.15. The first-order valence-electron chi connectivity index (χ1n) is 9.53. The minimum absolute atomic E-state index is 0.265. The fraction of sp³-hybridized carbons (Fsp3) is 0.160. The molecule has 0 aliphatic heterocycles. The van der Waals surface area contributed by atoms with Gasteiger partial charge >= 0.3 is 0 Å². The topological polar surface area (TPSA) is 42.2 Å². The smallest absolute Gasteiger partial charge is 0.180 e. The summed E-state index contributed by atoms with van der Waals surface area (Å²) in [6.07, 6.45) is 1.79. The number of hydrogen-bond acceptors (Lipinski definition) is 3. The van der Waals surface area contributed by atoms with Gasteiger partial charge in [-0.2, -0.15) is 5.26 Å². The van der Waals surface area contributed by atoms with E-state index in [2.05, 4.69) is 6.07 Å². The van der Waals surface area contributed by atoms with Gasteiger partial charge in [-0.25, -0.2) is 0 Å². The molecule has 0 N–H and O–H groups in total. The lowest BCUT2D eigenvalue weighted by molar-refractivity contribution is 0.269. The minimum atomic E-state index is 0.265. The molecule has 0 bridgehead atoms. The van der Waals surface area contributed by atoms with E-state index in [-0.39, 0.29) is 6.61 Å². The van der Waals surface area contributed by atoms with Crippen LogP contribution < -0.4 is 9.47 Å². The van der Waals surface area contributed by atoms with Crippen molar-refractivity contribution in [2.45, 2.75) is 20.5 Å². The predicted molar refractivity (Wildman–Crippen MR) is 123 cm³/mol. The molecule has 3 aromatic carbocycles. The Morgan fingerprint density at radius 2 is 1.73 bits per heavy atom.